The average Bonchev–Trinajstić information content (AvgIpc) is 3.27. The number of piperidine rings is 1. The Balaban J connectivity index is 1.36. The number of carboxylic acids is 1. The summed E-state index contributed by atoms with van der Waals surface area (Å²) in [5.41, 5.74) is 4.89. The SMILES string of the molecule is Cc1c(C(=O)O)cnn1C1CCN(C(=O)Cc2ccc3c(c2)CCC3)CC1. The number of aromatic carboxylic acids is 1. The molecule has 1 aromatic heterocycles. The van der Waals surface area contributed by atoms with E-state index in [0.717, 1.165) is 31.2 Å². The fraction of sp³-hybridized carbons (Fsp3) is 0.476. The van der Waals surface area contributed by atoms with Crippen molar-refractivity contribution in [2.24, 2.45) is 0 Å². The minimum Gasteiger partial charge on any atom is -0.478 e. The number of carbonyl (C=O) groups is 2. The summed E-state index contributed by atoms with van der Waals surface area (Å²) in [5, 5.41) is 13.4. The Bertz CT molecular complexity index is 879. The summed E-state index contributed by atoms with van der Waals surface area (Å²) in [6.07, 6.45) is 6.99. The van der Waals surface area contributed by atoms with E-state index in [1.54, 1.807) is 6.92 Å². The van der Waals surface area contributed by atoms with Gasteiger partial charge >= 0.3 is 5.97 Å². The number of carbonyl (C=O) groups excluding carboxylic acids is 1. The van der Waals surface area contributed by atoms with E-state index in [2.05, 4.69) is 23.3 Å². The van der Waals surface area contributed by atoms with E-state index in [1.165, 1.54) is 23.7 Å². The maximum absolute atomic E-state index is 12.7. The third-order valence-electron chi connectivity index (χ3n) is 5.96. The van der Waals surface area contributed by atoms with Crippen LogP contribution in [-0.4, -0.2) is 44.8 Å². The molecule has 0 atom stereocenters. The van der Waals surface area contributed by atoms with Gasteiger partial charge in [-0.05, 0) is 55.7 Å². The second-order valence-corrected chi connectivity index (χ2v) is 7.64. The molecule has 142 valence electrons. The number of hydrogen-bond donors (Lipinski definition) is 1. The molecule has 0 bridgehead atoms. The number of rotatable bonds is 4. The third kappa shape index (κ3) is 3.48. The zero-order chi connectivity index (χ0) is 19.0. The van der Waals surface area contributed by atoms with Gasteiger partial charge in [0.25, 0.3) is 0 Å². The zero-order valence-electron chi connectivity index (χ0n) is 15.6. The van der Waals surface area contributed by atoms with Crippen molar-refractivity contribution in [2.45, 2.75) is 51.5 Å². The molecule has 1 N–H and O–H groups in total. The Kier molecular flexibility index (Phi) is 4.72. The lowest BCUT2D eigenvalue weighted by Crippen LogP contribution is -2.40. The summed E-state index contributed by atoms with van der Waals surface area (Å²) in [6.45, 7) is 3.17. The molecule has 0 radical (unpaired) electrons. The van der Waals surface area contributed by atoms with E-state index >= 15 is 0 Å². The van der Waals surface area contributed by atoms with E-state index in [9.17, 15) is 14.7 Å². The van der Waals surface area contributed by atoms with Gasteiger partial charge in [-0.3, -0.25) is 9.48 Å². The molecule has 1 amide bonds. The molecule has 0 spiro atoms. The molecule has 2 aromatic rings. The number of carboxylic acid groups (broad SMARTS) is 1. The van der Waals surface area contributed by atoms with Gasteiger partial charge in [0.05, 0.1) is 24.4 Å². The summed E-state index contributed by atoms with van der Waals surface area (Å²) in [7, 11) is 0. The summed E-state index contributed by atoms with van der Waals surface area (Å²) in [4.78, 5) is 25.8. The van der Waals surface area contributed by atoms with E-state index in [4.69, 9.17) is 0 Å². The molecular weight excluding hydrogens is 342 g/mol. The van der Waals surface area contributed by atoms with Crippen molar-refractivity contribution < 1.29 is 14.7 Å². The summed E-state index contributed by atoms with van der Waals surface area (Å²) < 4.78 is 1.81. The van der Waals surface area contributed by atoms with E-state index in [1.807, 2.05) is 9.58 Å². The quantitative estimate of drug-likeness (QED) is 0.902. The molecule has 2 aliphatic rings. The Hall–Kier alpha value is -2.63. The number of benzene rings is 1. The fourth-order valence-electron chi connectivity index (χ4n) is 4.38. The van der Waals surface area contributed by atoms with Gasteiger partial charge in [0.15, 0.2) is 0 Å². The van der Waals surface area contributed by atoms with Crippen molar-refractivity contribution in [1.82, 2.24) is 14.7 Å². The molecule has 1 fully saturated rings. The minimum absolute atomic E-state index is 0.155. The minimum atomic E-state index is -0.944. The van der Waals surface area contributed by atoms with Crippen LogP contribution in [0.5, 0.6) is 0 Å². The van der Waals surface area contributed by atoms with Crippen molar-refractivity contribution in [3.05, 3.63) is 52.3 Å². The Morgan fingerprint density at radius 1 is 1.19 bits per heavy atom. The monoisotopic (exact) mass is 367 g/mol. The van der Waals surface area contributed by atoms with Gasteiger partial charge < -0.3 is 10.0 Å². The van der Waals surface area contributed by atoms with E-state index < -0.39 is 5.97 Å². The molecule has 4 rings (SSSR count). The molecule has 0 unspecified atom stereocenters. The molecule has 1 aromatic carbocycles. The normalized spacial score (nSPS) is 17.1. The van der Waals surface area contributed by atoms with Gasteiger partial charge in [0.2, 0.25) is 5.91 Å². The molecule has 27 heavy (non-hydrogen) atoms. The van der Waals surface area contributed by atoms with Gasteiger partial charge in [-0.1, -0.05) is 18.2 Å². The van der Waals surface area contributed by atoms with E-state index in [0.29, 0.717) is 25.2 Å². The van der Waals surface area contributed by atoms with Crippen LogP contribution in [0.2, 0.25) is 0 Å². The number of aromatic nitrogens is 2. The molecule has 1 saturated heterocycles. The van der Waals surface area contributed by atoms with Crippen LogP contribution in [0.25, 0.3) is 0 Å². The molecular formula is C21H25N3O3. The number of amides is 1. The Morgan fingerprint density at radius 3 is 2.63 bits per heavy atom. The van der Waals surface area contributed by atoms with Crippen LogP contribution in [0.3, 0.4) is 0 Å². The van der Waals surface area contributed by atoms with Crippen LogP contribution in [0.4, 0.5) is 0 Å². The topological polar surface area (TPSA) is 75.4 Å². The standard InChI is InChI=1S/C21H25N3O3/c1-14-19(21(26)27)13-22-24(14)18-7-9-23(10-8-18)20(25)12-15-5-6-16-3-2-4-17(16)11-15/h5-6,11,13,18H,2-4,7-10,12H2,1H3,(H,26,27). The molecule has 0 saturated carbocycles. The van der Waals surface area contributed by atoms with Gasteiger partial charge in [0, 0.05) is 13.1 Å². The van der Waals surface area contributed by atoms with E-state index in [-0.39, 0.29) is 17.5 Å². The summed E-state index contributed by atoms with van der Waals surface area (Å²) >= 11 is 0. The van der Waals surface area contributed by atoms with Crippen LogP contribution in [0, 0.1) is 6.92 Å². The zero-order valence-corrected chi connectivity index (χ0v) is 15.6. The predicted octanol–water partition coefficient (Wildman–Crippen LogP) is 2.78. The second kappa shape index (κ2) is 7.18. The van der Waals surface area contributed by atoms with Gasteiger partial charge in [-0.25, -0.2) is 4.79 Å². The number of hydrogen-bond acceptors (Lipinski definition) is 3. The second-order valence-electron chi connectivity index (χ2n) is 7.64. The molecule has 1 aliphatic carbocycles. The van der Waals surface area contributed by atoms with Gasteiger partial charge in [-0.15, -0.1) is 0 Å². The smallest absolute Gasteiger partial charge is 0.339 e. The first-order chi connectivity index (χ1) is 13.0. The molecule has 1 aliphatic heterocycles. The van der Waals surface area contributed by atoms with Gasteiger partial charge in [0.1, 0.15) is 5.56 Å². The van der Waals surface area contributed by atoms with Crippen molar-refractivity contribution in [3.63, 3.8) is 0 Å². The third-order valence-corrected chi connectivity index (χ3v) is 5.96. The van der Waals surface area contributed by atoms with Gasteiger partial charge in [-0.2, -0.15) is 5.10 Å². The van der Waals surface area contributed by atoms with Crippen molar-refractivity contribution in [1.29, 1.82) is 0 Å². The Labute approximate surface area is 158 Å². The average molecular weight is 367 g/mol. The summed E-state index contributed by atoms with van der Waals surface area (Å²) in [5.74, 6) is -0.768. The Morgan fingerprint density at radius 2 is 1.93 bits per heavy atom. The molecule has 2 heterocycles. The summed E-state index contributed by atoms with van der Waals surface area (Å²) in [6, 6.07) is 6.63. The first-order valence-electron chi connectivity index (χ1n) is 9.69. The first kappa shape index (κ1) is 17.8. The number of likely N-dealkylation sites (tertiary alicyclic amines) is 1. The lowest BCUT2D eigenvalue weighted by atomic mass is 10.0. The highest BCUT2D eigenvalue weighted by Crippen LogP contribution is 2.26. The maximum atomic E-state index is 12.7. The van der Waals surface area contributed by atoms with Crippen LogP contribution in [0.15, 0.2) is 24.4 Å². The highest BCUT2D eigenvalue weighted by Gasteiger charge is 2.26. The lowest BCUT2D eigenvalue weighted by Gasteiger charge is -2.32. The number of nitrogens with zero attached hydrogens (tertiary/aromatic N) is 3. The van der Waals surface area contributed by atoms with Crippen LogP contribution in [0.1, 0.15) is 58.0 Å². The molecule has 6 nitrogen and oxygen atoms in total. The van der Waals surface area contributed by atoms with Crippen molar-refractivity contribution in [3.8, 4) is 0 Å². The van der Waals surface area contributed by atoms with Crippen LogP contribution < -0.4 is 0 Å². The first-order valence-corrected chi connectivity index (χ1v) is 9.69. The number of fused-ring (bicyclic) bond motifs is 1. The fourth-order valence-corrected chi connectivity index (χ4v) is 4.38. The predicted molar refractivity (Wildman–Crippen MR) is 101 cm³/mol. The van der Waals surface area contributed by atoms with Crippen LogP contribution in [-0.2, 0) is 24.1 Å². The van der Waals surface area contributed by atoms with Crippen molar-refractivity contribution >= 4 is 11.9 Å². The highest BCUT2D eigenvalue weighted by atomic mass is 16.4. The van der Waals surface area contributed by atoms with Crippen LogP contribution >= 0.6 is 0 Å². The van der Waals surface area contributed by atoms with Crippen molar-refractivity contribution in [2.75, 3.05) is 13.1 Å². The largest absolute Gasteiger partial charge is 0.478 e. The number of aryl methyl sites for hydroxylation is 2. The maximum Gasteiger partial charge on any atom is 0.339 e. The highest BCUT2D eigenvalue weighted by molar-refractivity contribution is 5.88. The lowest BCUT2D eigenvalue weighted by molar-refractivity contribution is -0.131. The molecule has 6 heteroatoms.